The van der Waals surface area contributed by atoms with Crippen LogP contribution in [0.4, 0.5) is 4.79 Å². The lowest BCUT2D eigenvalue weighted by Gasteiger charge is -2.41. The lowest BCUT2D eigenvalue weighted by atomic mass is 9.84. The van der Waals surface area contributed by atoms with Crippen molar-refractivity contribution in [3.63, 3.8) is 0 Å². The molecule has 1 aliphatic heterocycles. The maximum Gasteiger partial charge on any atom is 0.409 e. The molecule has 3 N–H and O–H groups in total. The summed E-state index contributed by atoms with van der Waals surface area (Å²) in [5, 5.41) is 30.4. The second-order valence-corrected chi connectivity index (χ2v) is 12.1. The van der Waals surface area contributed by atoms with E-state index >= 15 is 0 Å². The van der Waals surface area contributed by atoms with Crippen LogP contribution in [0.15, 0.2) is 84.9 Å². The summed E-state index contributed by atoms with van der Waals surface area (Å²) in [6, 6.07) is 27.2. The molecule has 0 aliphatic carbocycles. The Morgan fingerprint density at radius 1 is 0.824 bits per heavy atom. The number of hydrogen-bond donors (Lipinski definition) is 3. The zero-order valence-corrected chi connectivity index (χ0v) is 28.9. The van der Waals surface area contributed by atoms with E-state index in [0.717, 1.165) is 39.0 Å². The third kappa shape index (κ3) is 10.8. The van der Waals surface area contributed by atoms with Gasteiger partial charge in [-0.1, -0.05) is 54.6 Å². The van der Waals surface area contributed by atoms with Gasteiger partial charge in [0.1, 0.15) is 17.2 Å². The molecule has 4 aromatic carbocycles. The summed E-state index contributed by atoms with van der Waals surface area (Å²) in [6.07, 6.45) is -1.21. The number of carbonyl (C=O) groups excluding carboxylic acids is 1. The fraction of sp³-hybridized carbons (Fsp3) is 0.395. The highest BCUT2D eigenvalue weighted by atomic mass is 17.1. The van der Waals surface area contributed by atoms with Gasteiger partial charge < -0.3 is 38.4 Å². The Morgan fingerprint density at radius 2 is 1.57 bits per heavy atom. The Morgan fingerprint density at radius 3 is 2.35 bits per heavy atom. The largest absolute Gasteiger partial charge is 0.496 e. The molecule has 0 bridgehead atoms. The Balaban J connectivity index is 1.21. The molecular weight excluding hydrogens is 660 g/mol. The van der Waals surface area contributed by atoms with Crippen LogP contribution in [0.2, 0.25) is 0 Å². The Hall–Kier alpha value is -4.47. The average molecular weight is 707 g/mol. The van der Waals surface area contributed by atoms with E-state index in [-0.39, 0.29) is 39.3 Å². The summed E-state index contributed by atoms with van der Waals surface area (Å²) in [5.74, 6) is 1.77. The molecule has 274 valence electrons. The number of nitrogens with zero attached hydrogens (tertiary/aromatic N) is 2. The van der Waals surface area contributed by atoms with Crippen LogP contribution in [-0.2, 0) is 32.3 Å². The predicted octanol–water partition coefficient (Wildman–Crippen LogP) is 5.73. The van der Waals surface area contributed by atoms with Gasteiger partial charge in [-0.3, -0.25) is 15.3 Å². The van der Waals surface area contributed by atoms with Crippen molar-refractivity contribution in [2.75, 3.05) is 53.7 Å². The molecule has 0 saturated carbocycles. The summed E-state index contributed by atoms with van der Waals surface area (Å²) >= 11 is 0. The molecule has 13 nitrogen and oxygen atoms in total. The predicted molar refractivity (Wildman–Crippen MR) is 186 cm³/mol. The van der Waals surface area contributed by atoms with E-state index in [1.54, 1.807) is 14.2 Å². The number of rotatable bonds is 18. The fourth-order valence-electron chi connectivity index (χ4n) is 6.12. The number of hydrogen-bond acceptors (Lipinski definition) is 12. The van der Waals surface area contributed by atoms with Gasteiger partial charge in [0.05, 0.1) is 84.5 Å². The van der Waals surface area contributed by atoms with Gasteiger partial charge in [-0.15, -0.1) is 0 Å². The van der Waals surface area contributed by atoms with E-state index in [1.165, 1.54) is 4.90 Å². The van der Waals surface area contributed by atoms with Gasteiger partial charge in [0.25, 0.3) is 0 Å². The highest BCUT2D eigenvalue weighted by molar-refractivity contribution is 5.89. The summed E-state index contributed by atoms with van der Waals surface area (Å²) in [7, 11) is 3.27. The van der Waals surface area contributed by atoms with Crippen molar-refractivity contribution in [3.8, 4) is 17.2 Å². The van der Waals surface area contributed by atoms with Gasteiger partial charge >= 0.3 is 6.09 Å². The zero-order valence-electron chi connectivity index (χ0n) is 28.9. The molecule has 0 spiro atoms. The summed E-state index contributed by atoms with van der Waals surface area (Å²) in [5.41, 5.74) is 2.72. The smallest absolute Gasteiger partial charge is 0.409 e. The lowest BCUT2D eigenvalue weighted by molar-refractivity contribution is -0.492. The maximum atomic E-state index is 13.0. The first kappa shape index (κ1) is 37.8. The summed E-state index contributed by atoms with van der Waals surface area (Å²) in [6.45, 7) is 1.81. The van der Waals surface area contributed by atoms with Crippen LogP contribution < -0.4 is 14.2 Å². The minimum Gasteiger partial charge on any atom is -0.496 e. The second kappa shape index (κ2) is 19.2. The first-order valence-corrected chi connectivity index (χ1v) is 16.9. The van der Waals surface area contributed by atoms with E-state index in [2.05, 4.69) is 4.84 Å². The molecule has 0 aromatic heterocycles. The van der Waals surface area contributed by atoms with Crippen LogP contribution in [0.1, 0.15) is 35.4 Å². The molecule has 1 aliphatic rings. The summed E-state index contributed by atoms with van der Waals surface area (Å²) < 4.78 is 34.6. The van der Waals surface area contributed by atoms with E-state index in [4.69, 9.17) is 38.8 Å². The first-order chi connectivity index (χ1) is 24.9. The minimum atomic E-state index is -0.949. The van der Waals surface area contributed by atoms with Crippen LogP contribution >= 0.6 is 0 Å². The minimum absolute atomic E-state index is 0.0134. The summed E-state index contributed by atoms with van der Waals surface area (Å²) in [4.78, 5) is 18.9. The molecule has 5 rings (SSSR count). The highest BCUT2D eigenvalue weighted by Gasteiger charge is 2.40. The molecule has 1 amide bonds. The number of ether oxygens (including phenoxy) is 6. The molecule has 51 heavy (non-hydrogen) atoms. The van der Waals surface area contributed by atoms with Crippen molar-refractivity contribution in [2.24, 2.45) is 0 Å². The Bertz CT molecular complexity index is 1670. The third-order valence-corrected chi connectivity index (χ3v) is 8.59. The first-order valence-electron chi connectivity index (χ1n) is 16.9. The zero-order chi connectivity index (χ0) is 36.0. The van der Waals surface area contributed by atoms with Gasteiger partial charge in [0, 0.05) is 29.7 Å². The van der Waals surface area contributed by atoms with Crippen LogP contribution in [-0.4, -0.2) is 97.8 Å². The van der Waals surface area contributed by atoms with E-state index < -0.39 is 29.6 Å². The average Bonchev–Trinajstić information content (AvgIpc) is 3.14. The van der Waals surface area contributed by atoms with Gasteiger partial charge in [0.2, 0.25) is 0 Å². The molecule has 1 heterocycles. The van der Waals surface area contributed by atoms with E-state index in [0.29, 0.717) is 32.0 Å². The standard InChI is InChI=1S/C38H46N2O11/c1-45-34-12-6-4-10-30(34)26-47-17-7-18-48-31-15-13-28(14-16-31)37-33(41)23-39(38(42)49-19-8-20-51-40(43)44)24-36(37)50-25-27-21-29-9-3-5-11-32(29)35(22-27)46-2/h3-6,9-16,21-22,33,36-37,41,43-44H,7-8,17-20,23-26H2,1-2H3. The topological polar surface area (TPSA) is 149 Å². The van der Waals surface area contributed by atoms with Crippen molar-refractivity contribution in [3.05, 3.63) is 102 Å². The SMILES string of the molecule is COc1ccccc1COCCCOc1ccc(C2C(O)CN(C(=O)OCCCON(O)O)CC2OCc2cc(OC)c3ccccc3c2)cc1. The molecule has 0 radical (unpaired) electrons. The highest BCUT2D eigenvalue weighted by Crippen LogP contribution is 2.34. The normalized spacial score (nSPS) is 17.5. The number of aliphatic hydroxyl groups is 1. The van der Waals surface area contributed by atoms with Gasteiger partial charge in [-0.05, 0) is 46.8 Å². The number of amides is 1. The van der Waals surface area contributed by atoms with Gasteiger partial charge in [0.15, 0.2) is 0 Å². The van der Waals surface area contributed by atoms with E-state index in [9.17, 15) is 9.90 Å². The lowest BCUT2D eigenvalue weighted by Crippen LogP contribution is -2.53. The Kier molecular flexibility index (Phi) is 14.2. The number of β-amino-alcohol motifs (C(OH)–C–C–N with tert-alkyl or cyclic N) is 1. The Labute approximate surface area is 297 Å². The molecule has 3 unspecified atom stereocenters. The molecule has 1 fully saturated rings. The van der Waals surface area contributed by atoms with E-state index in [1.807, 2.05) is 84.9 Å². The number of aliphatic hydroxyl groups excluding tert-OH is 1. The fourth-order valence-corrected chi connectivity index (χ4v) is 6.12. The molecular formula is C38H46N2O11. The number of carbonyl (C=O) groups is 1. The number of piperidine rings is 1. The van der Waals surface area contributed by atoms with Crippen molar-refractivity contribution in [1.82, 2.24) is 10.3 Å². The number of para-hydroxylation sites is 1. The number of benzene rings is 4. The van der Waals surface area contributed by atoms with Crippen molar-refractivity contribution in [1.29, 1.82) is 0 Å². The van der Waals surface area contributed by atoms with Crippen LogP contribution in [0.5, 0.6) is 17.2 Å². The van der Waals surface area contributed by atoms with Crippen LogP contribution in [0.3, 0.4) is 0 Å². The number of methoxy groups -OCH3 is 2. The van der Waals surface area contributed by atoms with Crippen LogP contribution in [0, 0.1) is 0 Å². The van der Waals surface area contributed by atoms with Crippen molar-refractivity contribution < 1.29 is 53.6 Å². The molecule has 3 atom stereocenters. The quantitative estimate of drug-likeness (QED) is 0.0858. The second-order valence-electron chi connectivity index (χ2n) is 12.1. The monoisotopic (exact) mass is 706 g/mol. The maximum absolute atomic E-state index is 13.0. The van der Waals surface area contributed by atoms with Gasteiger partial charge in [-0.25, -0.2) is 4.79 Å². The molecule has 1 saturated heterocycles. The van der Waals surface area contributed by atoms with Gasteiger partial charge in [-0.2, -0.15) is 0 Å². The van der Waals surface area contributed by atoms with Crippen LogP contribution in [0.25, 0.3) is 10.8 Å². The third-order valence-electron chi connectivity index (χ3n) is 8.59. The molecule has 4 aromatic rings. The van der Waals surface area contributed by atoms with Crippen molar-refractivity contribution >= 4 is 16.9 Å². The number of fused-ring (bicyclic) bond motifs is 1. The number of likely N-dealkylation sites (tertiary alicyclic amines) is 1. The molecule has 13 heteroatoms. The van der Waals surface area contributed by atoms with Crippen molar-refractivity contribution in [2.45, 2.75) is 44.2 Å².